The topological polar surface area (TPSA) is 59.3 Å². The van der Waals surface area contributed by atoms with Gasteiger partial charge in [-0.3, -0.25) is 0 Å². The second kappa shape index (κ2) is 4.23. The van der Waals surface area contributed by atoms with Crippen LogP contribution in [0.5, 0.6) is 5.75 Å². The smallest absolute Gasteiger partial charge is 0.341 e. The lowest BCUT2D eigenvalue weighted by molar-refractivity contribution is 0.0595. The summed E-state index contributed by atoms with van der Waals surface area (Å²) in [5.74, 6) is 0.0149. The SMILES string of the molecule is COC(=O)c1cc(C#N)ccc1OC1CC1. The fourth-order valence-corrected chi connectivity index (χ4v) is 1.34. The summed E-state index contributed by atoms with van der Waals surface area (Å²) in [5.41, 5.74) is 0.733. The maximum Gasteiger partial charge on any atom is 0.341 e. The molecule has 82 valence electrons. The van der Waals surface area contributed by atoms with E-state index in [-0.39, 0.29) is 6.10 Å². The van der Waals surface area contributed by atoms with Crippen molar-refractivity contribution in [3.8, 4) is 11.8 Å². The molecule has 0 saturated heterocycles. The van der Waals surface area contributed by atoms with Gasteiger partial charge in [0, 0.05) is 0 Å². The average Bonchev–Trinajstić information content (AvgIpc) is 3.12. The standard InChI is InChI=1S/C12H11NO3/c1-15-12(14)10-6-8(7-13)2-5-11(10)16-9-3-4-9/h2,5-6,9H,3-4H2,1H3. The summed E-state index contributed by atoms with van der Waals surface area (Å²) >= 11 is 0. The molecule has 0 heterocycles. The molecule has 1 aliphatic rings. The van der Waals surface area contributed by atoms with Crippen LogP contribution in [-0.2, 0) is 4.74 Å². The van der Waals surface area contributed by atoms with Crippen molar-refractivity contribution in [2.75, 3.05) is 7.11 Å². The number of carbonyl (C=O) groups excluding carboxylic acids is 1. The van der Waals surface area contributed by atoms with Crippen molar-refractivity contribution in [3.05, 3.63) is 29.3 Å². The van der Waals surface area contributed by atoms with Crippen LogP contribution in [0.25, 0.3) is 0 Å². The Morgan fingerprint density at radius 3 is 2.81 bits per heavy atom. The zero-order chi connectivity index (χ0) is 11.5. The van der Waals surface area contributed by atoms with Crippen molar-refractivity contribution in [2.45, 2.75) is 18.9 Å². The zero-order valence-corrected chi connectivity index (χ0v) is 8.90. The molecular weight excluding hydrogens is 206 g/mol. The van der Waals surface area contributed by atoms with E-state index in [0.717, 1.165) is 12.8 Å². The molecule has 0 amide bonds. The van der Waals surface area contributed by atoms with Crippen LogP contribution in [0.3, 0.4) is 0 Å². The Morgan fingerprint density at radius 1 is 1.50 bits per heavy atom. The number of benzene rings is 1. The highest BCUT2D eigenvalue weighted by Crippen LogP contribution is 2.30. The first-order valence-electron chi connectivity index (χ1n) is 5.03. The van der Waals surface area contributed by atoms with Gasteiger partial charge >= 0.3 is 5.97 Å². The van der Waals surface area contributed by atoms with Crippen LogP contribution in [-0.4, -0.2) is 19.2 Å². The van der Waals surface area contributed by atoms with E-state index in [1.807, 2.05) is 6.07 Å². The molecule has 16 heavy (non-hydrogen) atoms. The molecule has 0 aromatic heterocycles. The van der Waals surface area contributed by atoms with Crippen molar-refractivity contribution in [1.29, 1.82) is 5.26 Å². The minimum Gasteiger partial charge on any atom is -0.490 e. The van der Waals surface area contributed by atoms with Gasteiger partial charge < -0.3 is 9.47 Å². The van der Waals surface area contributed by atoms with E-state index in [1.54, 1.807) is 12.1 Å². The van der Waals surface area contributed by atoms with E-state index in [1.165, 1.54) is 13.2 Å². The Bertz CT molecular complexity index is 458. The number of ether oxygens (including phenoxy) is 2. The highest BCUT2D eigenvalue weighted by molar-refractivity contribution is 5.92. The third kappa shape index (κ3) is 2.14. The van der Waals surface area contributed by atoms with E-state index in [4.69, 9.17) is 10.00 Å². The lowest BCUT2D eigenvalue weighted by atomic mass is 10.1. The fourth-order valence-electron chi connectivity index (χ4n) is 1.34. The van der Waals surface area contributed by atoms with Crippen LogP contribution in [0, 0.1) is 11.3 Å². The van der Waals surface area contributed by atoms with Gasteiger partial charge in [-0.25, -0.2) is 4.79 Å². The summed E-state index contributed by atoms with van der Waals surface area (Å²) in [5, 5.41) is 8.76. The first-order valence-corrected chi connectivity index (χ1v) is 5.03. The predicted molar refractivity (Wildman–Crippen MR) is 56.1 cm³/mol. The van der Waals surface area contributed by atoms with Crippen molar-refractivity contribution < 1.29 is 14.3 Å². The van der Waals surface area contributed by atoms with Crippen LogP contribution in [0.4, 0.5) is 0 Å². The van der Waals surface area contributed by atoms with E-state index < -0.39 is 5.97 Å². The number of carbonyl (C=O) groups is 1. The van der Waals surface area contributed by atoms with Crippen molar-refractivity contribution >= 4 is 5.97 Å². The maximum absolute atomic E-state index is 11.5. The van der Waals surface area contributed by atoms with E-state index >= 15 is 0 Å². The molecule has 4 nitrogen and oxygen atoms in total. The van der Waals surface area contributed by atoms with Gasteiger partial charge in [-0.1, -0.05) is 0 Å². The number of nitriles is 1. The first kappa shape index (κ1) is 10.5. The zero-order valence-electron chi connectivity index (χ0n) is 8.90. The predicted octanol–water partition coefficient (Wildman–Crippen LogP) is 1.89. The number of esters is 1. The summed E-state index contributed by atoms with van der Waals surface area (Å²) in [7, 11) is 1.31. The van der Waals surface area contributed by atoms with Crippen molar-refractivity contribution in [3.63, 3.8) is 0 Å². The Kier molecular flexibility index (Phi) is 2.78. The summed E-state index contributed by atoms with van der Waals surface area (Å²) in [6.07, 6.45) is 2.23. The van der Waals surface area contributed by atoms with Gasteiger partial charge in [0.1, 0.15) is 11.3 Å². The normalized spacial score (nSPS) is 14.0. The van der Waals surface area contributed by atoms with Gasteiger partial charge in [0.25, 0.3) is 0 Å². The summed E-state index contributed by atoms with van der Waals surface area (Å²) in [6.45, 7) is 0. The average molecular weight is 217 g/mol. The molecule has 2 rings (SSSR count). The first-order chi connectivity index (χ1) is 7.74. The number of nitrogens with zero attached hydrogens (tertiary/aromatic N) is 1. The Morgan fingerprint density at radius 2 is 2.25 bits per heavy atom. The summed E-state index contributed by atoms with van der Waals surface area (Å²) < 4.78 is 10.2. The van der Waals surface area contributed by atoms with Crippen molar-refractivity contribution in [1.82, 2.24) is 0 Å². The molecule has 0 N–H and O–H groups in total. The molecule has 0 unspecified atom stereocenters. The fraction of sp³-hybridized carbons (Fsp3) is 0.333. The molecule has 1 aliphatic carbocycles. The van der Waals surface area contributed by atoms with Gasteiger partial charge in [0.05, 0.1) is 24.8 Å². The highest BCUT2D eigenvalue weighted by atomic mass is 16.5. The van der Waals surface area contributed by atoms with Crippen LogP contribution in [0.1, 0.15) is 28.8 Å². The molecule has 0 radical (unpaired) electrons. The summed E-state index contributed by atoms with van der Waals surface area (Å²) in [4.78, 5) is 11.5. The molecule has 4 heteroatoms. The molecular formula is C12H11NO3. The Hall–Kier alpha value is -2.02. The third-order valence-corrected chi connectivity index (χ3v) is 2.33. The van der Waals surface area contributed by atoms with Crippen molar-refractivity contribution in [2.24, 2.45) is 0 Å². The number of rotatable bonds is 3. The third-order valence-electron chi connectivity index (χ3n) is 2.33. The molecule has 0 atom stereocenters. The van der Waals surface area contributed by atoms with Gasteiger partial charge in [-0.2, -0.15) is 5.26 Å². The lowest BCUT2D eigenvalue weighted by Crippen LogP contribution is -2.07. The number of methoxy groups -OCH3 is 1. The van der Waals surface area contributed by atoms with Crippen LogP contribution in [0.15, 0.2) is 18.2 Å². The molecule has 1 aromatic rings. The molecule has 0 spiro atoms. The highest BCUT2D eigenvalue weighted by Gasteiger charge is 2.26. The van der Waals surface area contributed by atoms with Gasteiger partial charge in [0.15, 0.2) is 0 Å². The van der Waals surface area contributed by atoms with E-state index in [9.17, 15) is 4.79 Å². The van der Waals surface area contributed by atoms with Gasteiger partial charge in [-0.15, -0.1) is 0 Å². The van der Waals surface area contributed by atoms with E-state index in [2.05, 4.69) is 4.74 Å². The van der Waals surface area contributed by atoms with E-state index in [0.29, 0.717) is 16.9 Å². The molecule has 1 saturated carbocycles. The Balaban J connectivity index is 2.34. The quantitative estimate of drug-likeness (QED) is 0.725. The molecule has 0 aliphatic heterocycles. The van der Waals surface area contributed by atoms with Crippen LogP contribution >= 0.6 is 0 Å². The number of hydrogen-bond acceptors (Lipinski definition) is 4. The second-order valence-electron chi connectivity index (χ2n) is 3.63. The number of hydrogen-bond donors (Lipinski definition) is 0. The minimum absolute atomic E-state index is 0.205. The molecule has 1 aromatic carbocycles. The Labute approximate surface area is 93.4 Å². The van der Waals surface area contributed by atoms with Crippen LogP contribution in [0.2, 0.25) is 0 Å². The van der Waals surface area contributed by atoms with Gasteiger partial charge in [-0.05, 0) is 31.0 Å². The monoisotopic (exact) mass is 217 g/mol. The lowest BCUT2D eigenvalue weighted by Gasteiger charge is -2.09. The minimum atomic E-state index is -0.479. The second-order valence-corrected chi connectivity index (χ2v) is 3.63. The summed E-state index contributed by atoms with van der Waals surface area (Å²) in [6, 6.07) is 6.74. The molecule has 0 bridgehead atoms. The molecule has 1 fully saturated rings. The van der Waals surface area contributed by atoms with Gasteiger partial charge in [0.2, 0.25) is 0 Å². The van der Waals surface area contributed by atoms with Crippen LogP contribution < -0.4 is 4.74 Å². The maximum atomic E-state index is 11.5. The largest absolute Gasteiger partial charge is 0.490 e.